The third kappa shape index (κ3) is 2.81. The number of benzene rings is 1. The van der Waals surface area contributed by atoms with E-state index in [9.17, 15) is 20.1 Å². The van der Waals surface area contributed by atoms with Crippen molar-refractivity contribution in [1.29, 1.82) is 0 Å². The van der Waals surface area contributed by atoms with E-state index in [2.05, 4.69) is 15.9 Å². The van der Waals surface area contributed by atoms with Crippen LogP contribution in [-0.2, 0) is 0 Å². The summed E-state index contributed by atoms with van der Waals surface area (Å²) in [5.74, 6) is -0.189. The highest BCUT2D eigenvalue weighted by Gasteiger charge is 2.23. The minimum Gasteiger partial charge on any atom is -0.508 e. The second kappa shape index (κ2) is 5.98. The van der Waals surface area contributed by atoms with Crippen LogP contribution in [0.4, 0.5) is 0 Å². The summed E-state index contributed by atoms with van der Waals surface area (Å²) in [6.07, 6.45) is -1.42. The second-order valence-corrected chi connectivity index (χ2v) is 4.18. The Balaban J connectivity index is 3.06. The van der Waals surface area contributed by atoms with Crippen molar-refractivity contribution >= 4 is 22.2 Å². The summed E-state index contributed by atoms with van der Waals surface area (Å²) in [6, 6.07) is 4.35. The Morgan fingerprint density at radius 3 is 2.62 bits per heavy atom. The number of hydrogen-bond acceptors (Lipinski definition) is 4. The zero-order chi connectivity index (χ0) is 12.1. The first-order valence-electron chi connectivity index (χ1n) is 4.81. The molecule has 0 aromatic heterocycles. The highest BCUT2D eigenvalue weighted by atomic mass is 79.9. The Morgan fingerprint density at radius 1 is 1.38 bits per heavy atom. The van der Waals surface area contributed by atoms with Crippen molar-refractivity contribution in [2.75, 3.05) is 5.33 Å². The van der Waals surface area contributed by atoms with Crippen LogP contribution in [-0.4, -0.2) is 33.0 Å². The molecule has 16 heavy (non-hydrogen) atoms. The van der Waals surface area contributed by atoms with Crippen LogP contribution >= 0.6 is 15.9 Å². The summed E-state index contributed by atoms with van der Waals surface area (Å²) >= 11 is 3.14. The minimum absolute atomic E-state index is 0.0750. The molecule has 0 bridgehead atoms. The van der Waals surface area contributed by atoms with E-state index in [1.165, 1.54) is 18.2 Å². The van der Waals surface area contributed by atoms with Gasteiger partial charge in [-0.15, -0.1) is 0 Å². The van der Waals surface area contributed by atoms with Crippen molar-refractivity contribution in [2.45, 2.75) is 18.6 Å². The molecule has 0 spiro atoms. The third-order valence-electron chi connectivity index (χ3n) is 2.31. The first-order valence-corrected chi connectivity index (χ1v) is 5.93. The van der Waals surface area contributed by atoms with Gasteiger partial charge in [-0.25, -0.2) is 0 Å². The van der Waals surface area contributed by atoms with E-state index >= 15 is 0 Å². The summed E-state index contributed by atoms with van der Waals surface area (Å²) < 4.78 is 0. The van der Waals surface area contributed by atoms with Gasteiger partial charge in [0.05, 0.1) is 6.10 Å². The molecule has 2 unspecified atom stereocenters. The van der Waals surface area contributed by atoms with Crippen molar-refractivity contribution in [3.63, 3.8) is 0 Å². The number of carbonyl (C=O) groups excluding carboxylic acids is 1. The van der Waals surface area contributed by atoms with Crippen molar-refractivity contribution in [1.82, 2.24) is 0 Å². The fraction of sp³-hybridized carbons (Fsp3) is 0.364. The summed E-state index contributed by atoms with van der Waals surface area (Å²) in [6.45, 7) is 0. The van der Waals surface area contributed by atoms with Crippen molar-refractivity contribution < 1.29 is 20.1 Å². The quantitative estimate of drug-likeness (QED) is 0.565. The van der Waals surface area contributed by atoms with Gasteiger partial charge in [0.25, 0.3) is 0 Å². The average Bonchev–Trinajstić information content (AvgIpc) is 2.28. The van der Waals surface area contributed by atoms with Gasteiger partial charge >= 0.3 is 0 Å². The van der Waals surface area contributed by atoms with Gasteiger partial charge in [-0.2, -0.15) is 0 Å². The van der Waals surface area contributed by atoms with Crippen LogP contribution < -0.4 is 0 Å². The maximum atomic E-state index is 10.8. The van der Waals surface area contributed by atoms with E-state index in [-0.39, 0.29) is 16.9 Å². The number of aliphatic hydroxyl groups is 2. The Bertz CT molecular complexity index is 367. The molecule has 0 saturated carbocycles. The van der Waals surface area contributed by atoms with E-state index in [1.54, 1.807) is 0 Å². The Kier molecular flexibility index (Phi) is 4.92. The van der Waals surface area contributed by atoms with Crippen LogP contribution in [0.5, 0.6) is 5.75 Å². The van der Waals surface area contributed by atoms with E-state index in [1.807, 2.05) is 0 Å². The number of aliphatic hydroxyl groups excluding tert-OH is 2. The molecule has 88 valence electrons. The number of aldehydes is 1. The maximum Gasteiger partial charge on any atom is 0.150 e. The first-order chi connectivity index (χ1) is 7.61. The highest BCUT2D eigenvalue weighted by Crippen LogP contribution is 2.30. The lowest BCUT2D eigenvalue weighted by Gasteiger charge is -2.19. The Morgan fingerprint density at radius 2 is 2.06 bits per heavy atom. The van der Waals surface area contributed by atoms with Crippen LogP contribution in [0.25, 0.3) is 0 Å². The number of rotatable bonds is 5. The summed E-state index contributed by atoms with van der Waals surface area (Å²) in [5, 5.41) is 29.5. The van der Waals surface area contributed by atoms with Crippen molar-refractivity contribution in [2.24, 2.45) is 0 Å². The molecule has 1 aromatic carbocycles. The number of hydrogen-bond donors (Lipinski definition) is 3. The number of alkyl halides is 1. The third-order valence-corrected chi connectivity index (χ3v) is 2.77. The Labute approximate surface area is 102 Å². The van der Waals surface area contributed by atoms with Gasteiger partial charge in [-0.3, -0.25) is 4.79 Å². The lowest BCUT2D eigenvalue weighted by Crippen LogP contribution is -2.20. The molecule has 0 heterocycles. The van der Waals surface area contributed by atoms with E-state index in [0.29, 0.717) is 18.0 Å². The molecule has 0 fully saturated rings. The zero-order valence-corrected chi connectivity index (χ0v) is 10.1. The predicted octanol–water partition coefficient (Wildman–Crippen LogP) is 1.38. The largest absolute Gasteiger partial charge is 0.508 e. The van der Waals surface area contributed by atoms with Gasteiger partial charge < -0.3 is 15.3 Å². The van der Waals surface area contributed by atoms with Gasteiger partial charge in [-0.1, -0.05) is 28.1 Å². The van der Waals surface area contributed by atoms with Crippen LogP contribution in [0.15, 0.2) is 18.2 Å². The van der Waals surface area contributed by atoms with Crippen LogP contribution in [0.2, 0.25) is 0 Å². The summed E-state index contributed by atoms with van der Waals surface area (Å²) in [4.78, 5) is 10.8. The topological polar surface area (TPSA) is 77.8 Å². The molecular weight excluding hydrogens is 276 g/mol. The standard InChI is InChI=1S/C11H13BrO4/c12-5-4-9(15)11(16)10-7(6-13)2-1-3-8(10)14/h1-3,6,9,11,14-16H,4-5H2. The normalized spacial score (nSPS) is 14.4. The molecule has 4 nitrogen and oxygen atoms in total. The molecule has 1 rings (SSSR count). The van der Waals surface area contributed by atoms with Crippen LogP contribution in [0.3, 0.4) is 0 Å². The van der Waals surface area contributed by atoms with Crippen molar-refractivity contribution in [3.8, 4) is 5.75 Å². The van der Waals surface area contributed by atoms with Crippen LogP contribution in [0, 0.1) is 0 Å². The van der Waals surface area contributed by atoms with Gasteiger partial charge in [0.2, 0.25) is 0 Å². The summed E-state index contributed by atoms with van der Waals surface area (Å²) in [7, 11) is 0. The lowest BCUT2D eigenvalue weighted by molar-refractivity contribution is 0.0157. The van der Waals surface area contributed by atoms with Crippen molar-refractivity contribution in [3.05, 3.63) is 29.3 Å². The number of phenolic OH excluding ortho intramolecular Hbond substituents is 1. The molecule has 2 atom stereocenters. The second-order valence-electron chi connectivity index (χ2n) is 3.39. The molecule has 1 aromatic rings. The number of halogens is 1. The predicted molar refractivity (Wildman–Crippen MR) is 62.9 cm³/mol. The highest BCUT2D eigenvalue weighted by molar-refractivity contribution is 9.09. The van der Waals surface area contributed by atoms with E-state index in [0.717, 1.165) is 0 Å². The van der Waals surface area contributed by atoms with Gasteiger partial charge in [0.15, 0.2) is 6.29 Å². The van der Waals surface area contributed by atoms with Gasteiger partial charge in [0, 0.05) is 16.5 Å². The summed E-state index contributed by atoms with van der Waals surface area (Å²) in [5.41, 5.74) is 0.257. The van der Waals surface area contributed by atoms with Crippen LogP contribution in [0.1, 0.15) is 28.4 Å². The SMILES string of the molecule is O=Cc1cccc(O)c1C(O)C(O)CCBr. The number of carbonyl (C=O) groups is 1. The zero-order valence-electron chi connectivity index (χ0n) is 8.51. The Hall–Kier alpha value is -0.910. The number of aromatic hydroxyl groups is 1. The molecule has 3 N–H and O–H groups in total. The monoisotopic (exact) mass is 288 g/mol. The molecule has 0 aliphatic carbocycles. The molecule has 0 aliphatic heterocycles. The molecular formula is C11H13BrO4. The molecule has 5 heteroatoms. The molecule has 0 amide bonds. The fourth-order valence-electron chi connectivity index (χ4n) is 1.46. The van der Waals surface area contributed by atoms with Gasteiger partial charge in [-0.05, 0) is 12.5 Å². The van der Waals surface area contributed by atoms with E-state index in [4.69, 9.17) is 0 Å². The van der Waals surface area contributed by atoms with E-state index < -0.39 is 12.2 Å². The average molecular weight is 289 g/mol. The fourth-order valence-corrected chi connectivity index (χ4v) is 1.93. The first kappa shape index (κ1) is 13.2. The lowest BCUT2D eigenvalue weighted by atomic mass is 9.97. The minimum atomic E-state index is -1.26. The number of phenols is 1. The van der Waals surface area contributed by atoms with Gasteiger partial charge in [0.1, 0.15) is 11.9 Å². The molecule has 0 aliphatic rings. The maximum absolute atomic E-state index is 10.8. The molecule has 0 radical (unpaired) electrons. The smallest absolute Gasteiger partial charge is 0.150 e. The molecule has 0 saturated heterocycles.